The lowest BCUT2D eigenvalue weighted by Crippen LogP contribution is -2.48. The number of ether oxygens (including phenoxy) is 1. The van der Waals surface area contributed by atoms with E-state index in [4.69, 9.17) is 4.74 Å². The molecule has 0 amide bonds. The standard InChI is InChI=1S/C19H21F3N2O3S/c1-2-27-17-7-5-16(6-8-17)23-11-13-24(14-12-23)28(25,26)18-9-3-15(4-10-18)19(20,21)22/h3-10H,2,11-14H2,1H3. The number of anilines is 1. The van der Waals surface area contributed by atoms with Crippen molar-refractivity contribution in [2.45, 2.75) is 18.0 Å². The average Bonchev–Trinajstić information content (AvgIpc) is 2.68. The Morgan fingerprint density at radius 2 is 1.50 bits per heavy atom. The third-order valence-corrected chi connectivity index (χ3v) is 6.48. The fourth-order valence-electron chi connectivity index (χ4n) is 3.07. The van der Waals surface area contributed by atoms with Gasteiger partial charge in [0.2, 0.25) is 10.0 Å². The van der Waals surface area contributed by atoms with E-state index in [-0.39, 0.29) is 18.0 Å². The average molecular weight is 414 g/mol. The Balaban J connectivity index is 1.66. The predicted octanol–water partition coefficient (Wildman–Crippen LogP) is 3.62. The molecule has 0 bridgehead atoms. The molecule has 0 saturated carbocycles. The summed E-state index contributed by atoms with van der Waals surface area (Å²) in [5.74, 6) is 0.773. The summed E-state index contributed by atoms with van der Waals surface area (Å²) >= 11 is 0. The Kier molecular flexibility index (Phi) is 5.85. The summed E-state index contributed by atoms with van der Waals surface area (Å²) in [7, 11) is -3.82. The van der Waals surface area contributed by atoms with Crippen LogP contribution in [0.2, 0.25) is 0 Å². The van der Waals surface area contributed by atoms with Crippen molar-refractivity contribution in [3.8, 4) is 5.75 Å². The second-order valence-electron chi connectivity index (χ2n) is 6.34. The van der Waals surface area contributed by atoms with Crippen molar-refractivity contribution in [1.82, 2.24) is 4.31 Å². The van der Waals surface area contributed by atoms with Gasteiger partial charge in [-0.2, -0.15) is 17.5 Å². The van der Waals surface area contributed by atoms with Crippen molar-refractivity contribution < 1.29 is 26.3 Å². The monoisotopic (exact) mass is 414 g/mol. The summed E-state index contributed by atoms with van der Waals surface area (Å²) in [6.45, 7) is 4.00. The fourth-order valence-corrected chi connectivity index (χ4v) is 4.49. The molecular formula is C19H21F3N2O3S. The molecule has 0 radical (unpaired) electrons. The Hall–Kier alpha value is -2.26. The molecule has 3 rings (SSSR count). The molecule has 0 N–H and O–H groups in total. The highest BCUT2D eigenvalue weighted by Crippen LogP contribution is 2.30. The van der Waals surface area contributed by atoms with Crippen LogP contribution in [0.1, 0.15) is 12.5 Å². The van der Waals surface area contributed by atoms with Gasteiger partial charge in [-0.05, 0) is 55.5 Å². The zero-order valence-electron chi connectivity index (χ0n) is 15.3. The van der Waals surface area contributed by atoms with Crippen LogP contribution in [0.3, 0.4) is 0 Å². The van der Waals surface area contributed by atoms with Gasteiger partial charge in [0, 0.05) is 31.9 Å². The lowest BCUT2D eigenvalue weighted by atomic mass is 10.2. The largest absolute Gasteiger partial charge is 0.494 e. The highest BCUT2D eigenvalue weighted by Gasteiger charge is 2.32. The third-order valence-electron chi connectivity index (χ3n) is 4.57. The third kappa shape index (κ3) is 4.41. The molecule has 0 spiro atoms. The number of halogens is 3. The van der Waals surface area contributed by atoms with Crippen LogP contribution in [0.25, 0.3) is 0 Å². The molecular weight excluding hydrogens is 393 g/mol. The van der Waals surface area contributed by atoms with Crippen molar-refractivity contribution in [3.63, 3.8) is 0 Å². The Labute approximate surface area is 162 Å². The van der Waals surface area contributed by atoms with Crippen molar-refractivity contribution in [3.05, 3.63) is 54.1 Å². The van der Waals surface area contributed by atoms with Crippen LogP contribution in [0.15, 0.2) is 53.4 Å². The molecule has 1 fully saturated rings. The highest BCUT2D eigenvalue weighted by molar-refractivity contribution is 7.89. The van der Waals surface area contributed by atoms with Crippen LogP contribution in [0.5, 0.6) is 5.75 Å². The molecule has 0 unspecified atom stereocenters. The summed E-state index contributed by atoms with van der Waals surface area (Å²) in [6, 6.07) is 11.2. The Bertz CT molecular complexity index is 890. The van der Waals surface area contributed by atoms with Gasteiger partial charge in [0.25, 0.3) is 0 Å². The first-order chi connectivity index (χ1) is 13.2. The first kappa shape index (κ1) is 20.5. The van der Waals surface area contributed by atoms with Gasteiger partial charge in [-0.1, -0.05) is 0 Å². The lowest BCUT2D eigenvalue weighted by molar-refractivity contribution is -0.137. The fraction of sp³-hybridized carbons (Fsp3) is 0.368. The summed E-state index contributed by atoms with van der Waals surface area (Å²) in [4.78, 5) is 1.93. The van der Waals surface area contributed by atoms with Gasteiger partial charge >= 0.3 is 6.18 Å². The number of rotatable bonds is 5. The molecule has 0 atom stereocenters. The highest BCUT2D eigenvalue weighted by atomic mass is 32.2. The van der Waals surface area contributed by atoms with Crippen molar-refractivity contribution in [2.24, 2.45) is 0 Å². The smallest absolute Gasteiger partial charge is 0.416 e. The van der Waals surface area contributed by atoms with E-state index in [0.717, 1.165) is 35.7 Å². The number of piperazine rings is 1. The number of benzene rings is 2. The molecule has 0 aliphatic carbocycles. The number of sulfonamides is 1. The molecule has 1 aliphatic rings. The van der Waals surface area contributed by atoms with Crippen molar-refractivity contribution in [2.75, 3.05) is 37.7 Å². The predicted molar refractivity (Wildman–Crippen MR) is 100 cm³/mol. The molecule has 9 heteroatoms. The Morgan fingerprint density at radius 3 is 2.00 bits per heavy atom. The zero-order valence-corrected chi connectivity index (χ0v) is 16.1. The number of hydrogen-bond donors (Lipinski definition) is 0. The normalized spacial score (nSPS) is 16.2. The van der Waals surface area contributed by atoms with E-state index in [1.54, 1.807) is 0 Å². The molecule has 152 valence electrons. The molecule has 2 aromatic carbocycles. The van der Waals surface area contributed by atoms with E-state index < -0.39 is 21.8 Å². The lowest BCUT2D eigenvalue weighted by Gasteiger charge is -2.35. The van der Waals surface area contributed by atoms with Crippen molar-refractivity contribution >= 4 is 15.7 Å². The molecule has 28 heavy (non-hydrogen) atoms. The van der Waals surface area contributed by atoms with Gasteiger partial charge in [-0.3, -0.25) is 0 Å². The maximum absolute atomic E-state index is 12.7. The quantitative estimate of drug-likeness (QED) is 0.750. The molecule has 1 heterocycles. The first-order valence-electron chi connectivity index (χ1n) is 8.87. The number of hydrogen-bond acceptors (Lipinski definition) is 4. The topological polar surface area (TPSA) is 49.9 Å². The van der Waals surface area contributed by atoms with Gasteiger partial charge in [-0.15, -0.1) is 0 Å². The molecule has 5 nitrogen and oxygen atoms in total. The van der Waals surface area contributed by atoms with Crippen LogP contribution >= 0.6 is 0 Å². The first-order valence-corrected chi connectivity index (χ1v) is 10.3. The molecule has 2 aromatic rings. The molecule has 0 aromatic heterocycles. The van der Waals surface area contributed by atoms with E-state index in [2.05, 4.69) is 4.90 Å². The second kappa shape index (κ2) is 8.00. The van der Waals surface area contributed by atoms with Crippen LogP contribution in [0.4, 0.5) is 18.9 Å². The van der Waals surface area contributed by atoms with Gasteiger partial charge < -0.3 is 9.64 Å². The number of alkyl halides is 3. The van der Waals surface area contributed by atoms with Crippen LogP contribution in [0, 0.1) is 0 Å². The molecule has 1 aliphatic heterocycles. The van der Waals surface area contributed by atoms with Crippen molar-refractivity contribution in [1.29, 1.82) is 0 Å². The summed E-state index contributed by atoms with van der Waals surface area (Å²) in [5, 5.41) is 0. The van der Waals surface area contributed by atoms with Crippen LogP contribution in [-0.4, -0.2) is 45.5 Å². The van der Waals surface area contributed by atoms with Crippen LogP contribution < -0.4 is 9.64 Å². The van der Waals surface area contributed by atoms with Gasteiger partial charge in [0.05, 0.1) is 17.1 Å². The minimum Gasteiger partial charge on any atom is -0.494 e. The van der Waals surface area contributed by atoms with E-state index in [1.165, 1.54) is 4.31 Å². The maximum atomic E-state index is 12.7. The summed E-state index contributed by atoms with van der Waals surface area (Å²) in [5.41, 5.74) is 0.0989. The van der Waals surface area contributed by atoms with E-state index in [0.29, 0.717) is 19.7 Å². The minimum atomic E-state index is -4.49. The van der Waals surface area contributed by atoms with Gasteiger partial charge in [-0.25, -0.2) is 8.42 Å². The van der Waals surface area contributed by atoms with E-state index in [1.807, 2.05) is 31.2 Å². The number of nitrogens with zero attached hydrogens (tertiary/aromatic N) is 2. The van der Waals surface area contributed by atoms with E-state index in [9.17, 15) is 21.6 Å². The second-order valence-corrected chi connectivity index (χ2v) is 8.28. The molecule has 1 saturated heterocycles. The minimum absolute atomic E-state index is 0.130. The van der Waals surface area contributed by atoms with Gasteiger partial charge in [0.15, 0.2) is 0 Å². The summed E-state index contributed by atoms with van der Waals surface area (Å²) in [6.07, 6.45) is -4.49. The Morgan fingerprint density at radius 1 is 0.929 bits per heavy atom. The zero-order chi connectivity index (χ0) is 20.4. The van der Waals surface area contributed by atoms with Gasteiger partial charge in [0.1, 0.15) is 5.75 Å². The van der Waals surface area contributed by atoms with Crippen LogP contribution in [-0.2, 0) is 16.2 Å². The SMILES string of the molecule is CCOc1ccc(N2CCN(S(=O)(=O)c3ccc(C(F)(F)F)cc3)CC2)cc1. The maximum Gasteiger partial charge on any atom is 0.416 e. The summed E-state index contributed by atoms with van der Waals surface area (Å²) < 4.78 is 70.2. The van der Waals surface area contributed by atoms with E-state index >= 15 is 0 Å².